The van der Waals surface area contributed by atoms with Gasteiger partial charge in [-0.25, -0.2) is 0 Å². The number of fused-ring (bicyclic) bond motifs is 1. The second kappa shape index (κ2) is 8.97. The van der Waals surface area contributed by atoms with Crippen molar-refractivity contribution in [1.29, 1.82) is 0 Å². The maximum atomic E-state index is 12.7. The molecule has 1 aliphatic rings. The van der Waals surface area contributed by atoms with Crippen molar-refractivity contribution in [1.82, 2.24) is 5.32 Å². The first kappa shape index (κ1) is 20.0. The van der Waals surface area contributed by atoms with Crippen molar-refractivity contribution >= 4 is 34.8 Å². The molecule has 2 aromatic carbocycles. The third-order valence-electron chi connectivity index (χ3n) is 4.51. The minimum atomic E-state index is -0.665. The van der Waals surface area contributed by atoms with Crippen LogP contribution in [-0.4, -0.2) is 37.6 Å². The highest BCUT2D eigenvalue weighted by molar-refractivity contribution is 6.31. The lowest BCUT2D eigenvalue weighted by molar-refractivity contribution is -0.128. The molecule has 0 aliphatic carbocycles. The van der Waals surface area contributed by atoms with E-state index in [0.717, 1.165) is 17.7 Å². The number of nitrogens with one attached hydrogen (secondary N) is 2. The average Bonchev–Trinajstić information content (AvgIpc) is 2.68. The van der Waals surface area contributed by atoms with Crippen LogP contribution in [-0.2, 0) is 9.59 Å². The van der Waals surface area contributed by atoms with Crippen LogP contribution in [0, 0.1) is 6.92 Å². The Balaban J connectivity index is 1.74. The Morgan fingerprint density at radius 2 is 2.04 bits per heavy atom. The molecule has 0 saturated heterocycles. The van der Waals surface area contributed by atoms with Gasteiger partial charge in [0, 0.05) is 17.3 Å². The van der Waals surface area contributed by atoms with E-state index in [2.05, 4.69) is 10.6 Å². The van der Waals surface area contributed by atoms with Gasteiger partial charge in [-0.1, -0.05) is 36.7 Å². The number of ether oxygens (including phenoxy) is 1. The molecule has 28 heavy (non-hydrogen) atoms. The van der Waals surface area contributed by atoms with Crippen molar-refractivity contribution in [2.45, 2.75) is 26.4 Å². The van der Waals surface area contributed by atoms with Crippen LogP contribution >= 0.6 is 11.6 Å². The number of carbonyl (C=O) groups is 2. The van der Waals surface area contributed by atoms with Crippen LogP contribution in [0.4, 0.5) is 11.4 Å². The van der Waals surface area contributed by atoms with Gasteiger partial charge in [0.25, 0.3) is 5.91 Å². The summed E-state index contributed by atoms with van der Waals surface area (Å²) in [5.41, 5.74) is 2.40. The van der Waals surface area contributed by atoms with Gasteiger partial charge in [-0.05, 0) is 43.2 Å². The molecule has 0 fully saturated rings. The van der Waals surface area contributed by atoms with Crippen LogP contribution in [0.25, 0.3) is 0 Å². The van der Waals surface area contributed by atoms with Gasteiger partial charge in [-0.3, -0.25) is 9.59 Å². The lowest BCUT2D eigenvalue weighted by Crippen LogP contribution is -2.50. The molecule has 2 N–H and O–H groups in total. The first-order valence-electron chi connectivity index (χ1n) is 9.32. The lowest BCUT2D eigenvalue weighted by Gasteiger charge is -2.35. The Labute approximate surface area is 169 Å². The predicted octanol–water partition coefficient (Wildman–Crippen LogP) is 3.38. The highest BCUT2D eigenvalue weighted by Gasteiger charge is 2.31. The number of halogens is 1. The van der Waals surface area contributed by atoms with Gasteiger partial charge in [0.05, 0.1) is 18.8 Å². The number of anilines is 2. The first-order valence-corrected chi connectivity index (χ1v) is 9.70. The molecule has 1 heterocycles. The zero-order valence-electron chi connectivity index (χ0n) is 16.0. The van der Waals surface area contributed by atoms with E-state index in [1.807, 2.05) is 43.0 Å². The summed E-state index contributed by atoms with van der Waals surface area (Å²) in [6.45, 7) is 4.89. The molecule has 0 unspecified atom stereocenters. The molecule has 6 nitrogen and oxygen atoms in total. The Morgan fingerprint density at radius 3 is 2.82 bits per heavy atom. The van der Waals surface area contributed by atoms with E-state index in [9.17, 15) is 9.59 Å². The van der Waals surface area contributed by atoms with Crippen LogP contribution < -0.4 is 20.3 Å². The second-order valence-electron chi connectivity index (χ2n) is 6.75. The molecular weight excluding hydrogens is 378 g/mol. The summed E-state index contributed by atoms with van der Waals surface area (Å²) < 4.78 is 5.85. The lowest BCUT2D eigenvalue weighted by atomic mass is 10.1. The van der Waals surface area contributed by atoms with Gasteiger partial charge in [0.1, 0.15) is 5.75 Å². The Kier molecular flexibility index (Phi) is 6.41. The Morgan fingerprint density at radius 1 is 1.25 bits per heavy atom. The van der Waals surface area contributed by atoms with Crippen LogP contribution in [0.2, 0.25) is 5.02 Å². The molecular formula is C21H24ClN3O3. The van der Waals surface area contributed by atoms with Crippen molar-refractivity contribution in [3.05, 3.63) is 53.1 Å². The summed E-state index contributed by atoms with van der Waals surface area (Å²) in [7, 11) is 0. The quantitative estimate of drug-likeness (QED) is 0.778. The van der Waals surface area contributed by atoms with E-state index in [0.29, 0.717) is 29.5 Å². The summed E-state index contributed by atoms with van der Waals surface area (Å²) >= 11 is 6.03. The van der Waals surface area contributed by atoms with Crippen molar-refractivity contribution in [2.24, 2.45) is 0 Å². The van der Waals surface area contributed by atoms with E-state index in [1.165, 1.54) is 0 Å². The van der Waals surface area contributed by atoms with Crippen molar-refractivity contribution in [3.8, 4) is 5.75 Å². The summed E-state index contributed by atoms with van der Waals surface area (Å²) in [6, 6.07) is 12.8. The zero-order chi connectivity index (χ0) is 20.1. The van der Waals surface area contributed by atoms with E-state index < -0.39 is 6.10 Å². The molecule has 3 rings (SSSR count). The van der Waals surface area contributed by atoms with E-state index in [1.54, 1.807) is 18.2 Å². The monoisotopic (exact) mass is 401 g/mol. The maximum absolute atomic E-state index is 12.7. The van der Waals surface area contributed by atoms with Gasteiger partial charge in [-0.2, -0.15) is 0 Å². The molecule has 1 atom stereocenters. The predicted molar refractivity (Wildman–Crippen MR) is 111 cm³/mol. The minimum Gasteiger partial charge on any atom is -0.477 e. The zero-order valence-corrected chi connectivity index (χ0v) is 16.8. The van der Waals surface area contributed by atoms with E-state index in [4.69, 9.17) is 16.3 Å². The van der Waals surface area contributed by atoms with Crippen molar-refractivity contribution in [3.63, 3.8) is 0 Å². The minimum absolute atomic E-state index is 0.101. The number of carbonyl (C=O) groups excluding carboxylic acids is 2. The number of hydrogen-bond acceptors (Lipinski definition) is 4. The molecule has 1 aliphatic heterocycles. The topological polar surface area (TPSA) is 70.7 Å². The summed E-state index contributed by atoms with van der Waals surface area (Å²) in [4.78, 5) is 26.9. The number of nitrogens with zero attached hydrogens (tertiary/aromatic N) is 1. The number of amides is 2. The Hall–Kier alpha value is -2.73. The Bertz CT molecular complexity index is 872. The number of rotatable bonds is 6. The molecule has 2 amide bonds. The fourth-order valence-electron chi connectivity index (χ4n) is 3.05. The first-order chi connectivity index (χ1) is 13.5. The molecule has 0 saturated carbocycles. The summed E-state index contributed by atoms with van der Waals surface area (Å²) in [6.07, 6.45) is 0.183. The van der Waals surface area contributed by atoms with E-state index >= 15 is 0 Å². The number of aryl methyl sites for hydroxylation is 1. The largest absolute Gasteiger partial charge is 0.477 e. The van der Waals surface area contributed by atoms with Gasteiger partial charge in [-0.15, -0.1) is 0 Å². The fourth-order valence-corrected chi connectivity index (χ4v) is 3.22. The highest BCUT2D eigenvalue weighted by Crippen LogP contribution is 2.33. The molecule has 0 radical (unpaired) electrons. The van der Waals surface area contributed by atoms with Crippen LogP contribution in [0.15, 0.2) is 42.5 Å². The van der Waals surface area contributed by atoms with Gasteiger partial charge >= 0.3 is 0 Å². The summed E-state index contributed by atoms with van der Waals surface area (Å²) in [5, 5.41) is 6.32. The maximum Gasteiger partial charge on any atom is 0.262 e. The number of hydrogen-bond donors (Lipinski definition) is 2. The standard InChI is InChI=1S/C21H24ClN3O3/c1-3-10-23-21(27)19-12-25(17-6-4-5-7-18(17)28-19)13-20(26)24-16-11-15(22)9-8-14(16)2/h4-9,11,19H,3,10,12-13H2,1-2H3,(H,23,27)(H,24,26)/t19-/m0/s1. The van der Waals surface area contributed by atoms with Crippen molar-refractivity contribution in [2.75, 3.05) is 29.9 Å². The SMILES string of the molecule is CCCNC(=O)[C@@H]1CN(CC(=O)Nc2cc(Cl)ccc2C)c2ccccc2O1. The van der Waals surface area contributed by atoms with Gasteiger partial charge < -0.3 is 20.3 Å². The molecule has 2 aromatic rings. The fraction of sp³-hybridized carbons (Fsp3) is 0.333. The summed E-state index contributed by atoms with van der Waals surface area (Å²) in [5.74, 6) is 0.236. The second-order valence-corrected chi connectivity index (χ2v) is 7.19. The third-order valence-corrected chi connectivity index (χ3v) is 4.75. The molecule has 7 heteroatoms. The number of para-hydroxylation sites is 2. The van der Waals surface area contributed by atoms with Gasteiger partial charge in [0.2, 0.25) is 5.91 Å². The van der Waals surface area contributed by atoms with E-state index in [-0.39, 0.29) is 18.4 Å². The molecule has 0 spiro atoms. The highest BCUT2D eigenvalue weighted by atomic mass is 35.5. The third kappa shape index (κ3) is 4.75. The van der Waals surface area contributed by atoms with Crippen LogP contribution in [0.1, 0.15) is 18.9 Å². The number of benzene rings is 2. The smallest absolute Gasteiger partial charge is 0.262 e. The average molecular weight is 402 g/mol. The molecule has 0 aromatic heterocycles. The van der Waals surface area contributed by atoms with Crippen LogP contribution in [0.3, 0.4) is 0 Å². The normalized spacial score (nSPS) is 15.4. The van der Waals surface area contributed by atoms with Crippen LogP contribution in [0.5, 0.6) is 5.75 Å². The molecule has 148 valence electrons. The molecule has 0 bridgehead atoms. The van der Waals surface area contributed by atoms with Crippen molar-refractivity contribution < 1.29 is 14.3 Å². The van der Waals surface area contributed by atoms with Gasteiger partial charge in [0.15, 0.2) is 6.10 Å².